The van der Waals surface area contributed by atoms with Gasteiger partial charge in [-0.05, 0) is 24.3 Å². The van der Waals surface area contributed by atoms with Crippen LogP contribution in [0.2, 0.25) is 0 Å². The summed E-state index contributed by atoms with van der Waals surface area (Å²) in [7, 11) is -3.52. The van der Waals surface area contributed by atoms with Crippen LogP contribution in [0.1, 0.15) is 5.56 Å². The minimum absolute atomic E-state index is 0.0134. The maximum absolute atomic E-state index is 12.2. The van der Waals surface area contributed by atoms with Crippen LogP contribution in [-0.4, -0.2) is 32.6 Å². The van der Waals surface area contributed by atoms with Gasteiger partial charge in [0.15, 0.2) is 5.88 Å². The molecule has 6 nitrogen and oxygen atoms in total. The molecule has 106 valence electrons. The summed E-state index contributed by atoms with van der Waals surface area (Å²) in [5.74, 6) is -1.05. The Morgan fingerprint density at radius 1 is 1.35 bits per heavy atom. The zero-order valence-corrected chi connectivity index (χ0v) is 11.3. The molecule has 1 aliphatic rings. The molecule has 0 bridgehead atoms. The largest absolute Gasteiger partial charge is 0.480 e. The van der Waals surface area contributed by atoms with Gasteiger partial charge in [-0.25, -0.2) is 8.42 Å². The number of fused-ring (bicyclic) bond motifs is 1. The fraction of sp³-hybridized carbons (Fsp3) is 0.154. The molecule has 1 heterocycles. The molecule has 0 radical (unpaired) electrons. The average molecular weight is 295 g/mol. The maximum atomic E-state index is 12.2. The number of carboxylic acids is 1. The van der Waals surface area contributed by atoms with E-state index in [1.165, 1.54) is 12.1 Å². The summed E-state index contributed by atoms with van der Waals surface area (Å²) in [6.07, 6.45) is 1.54. The molecule has 0 unspecified atom stereocenters. The van der Waals surface area contributed by atoms with Gasteiger partial charge in [-0.15, -0.1) is 0 Å². The Morgan fingerprint density at radius 2 is 2.05 bits per heavy atom. The van der Waals surface area contributed by atoms with Crippen LogP contribution in [0.25, 0.3) is 6.08 Å². The molecule has 0 amide bonds. The number of hydrogen-bond acceptors (Lipinski definition) is 5. The van der Waals surface area contributed by atoms with E-state index >= 15 is 0 Å². The molecule has 1 aromatic carbocycles. The van der Waals surface area contributed by atoms with Crippen LogP contribution in [0.3, 0.4) is 0 Å². The average Bonchev–Trinajstić information content (AvgIpc) is 2.66. The summed E-state index contributed by atoms with van der Waals surface area (Å²) in [5.41, 5.74) is 0.621. The minimum atomic E-state index is -3.52. The van der Waals surface area contributed by atoms with Crippen molar-refractivity contribution in [3.05, 3.63) is 47.2 Å². The van der Waals surface area contributed by atoms with Crippen molar-refractivity contribution in [2.45, 2.75) is 4.90 Å². The van der Waals surface area contributed by atoms with Gasteiger partial charge in [0.25, 0.3) is 0 Å². The molecule has 0 saturated heterocycles. The predicted molar refractivity (Wildman–Crippen MR) is 72.3 cm³/mol. The van der Waals surface area contributed by atoms with Crippen molar-refractivity contribution in [3.8, 4) is 0 Å². The summed E-state index contributed by atoms with van der Waals surface area (Å²) in [5, 5.41) is 10.9. The van der Waals surface area contributed by atoms with Crippen molar-refractivity contribution in [2.24, 2.45) is 0 Å². The van der Waals surface area contributed by atoms with E-state index in [4.69, 9.17) is 9.84 Å². The summed E-state index contributed by atoms with van der Waals surface area (Å²) in [4.78, 5) is 10.7. The molecular weight excluding hydrogens is 282 g/mol. The quantitative estimate of drug-likeness (QED) is 0.760. The van der Waals surface area contributed by atoms with Gasteiger partial charge >= 0.3 is 5.97 Å². The highest BCUT2D eigenvalue weighted by atomic mass is 32.2. The minimum Gasteiger partial charge on any atom is -0.480 e. The zero-order valence-electron chi connectivity index (χ0n) is 10.5. The first-order valence-electron chi connectivity index (χ1n) is 5.73. The van der Waals surface area contributed by atoms with Crippen LogP contribution in [0.5, 0.6) is 0 Å². The highest BCUT2D eigenvalue weighted by Gasteiger charge is 2.29. The normalized spacial score (nSPS) is 15.1. The van der Waals surface area contributed by atoms with Gasteiger partial charge in [0, 0.05) is 0 Å². The number of aliphatic carboxylic acids is 1. The topological polar surface area (TPSA) is 92.7 Å². The van der Waals surface area contributed by atoms with Crippen molar-refractivity contribution >= 4 is 21.9 Å². The van der Waals surface area contributed by atoms with Crippen molar-refractivity contribution < 1.29 is 23.1 Å². The first-order valence-corrected chi connectivity index (χ1v) is 7.21. The SMILES string of the molecule is C=C(NCC(=O)O)OCC1=Cc2ccccc2S1(=O)=O. The van der Waals surface area contributed by atoms with Gasteiger partial charge in [0.1, 0.15) is 13.2 Å². The summed E-state index contributed by atoms with van der Waals surface area (Å²) < 4.78 is 29.5. The van der Waals surface area contributed by atoms with Crippen molar-refractivity contribution in [1.29, 1.82) is 0 Å². The van der Waals surface area contributed by atoms with Gasteiger partial charge in [0.2, 0.25) is 9.84 Å². The number of ether oxygens (including phenoxy) is 1. The Bertz CT molecular complexity index is 690. The van der Waals surface area contributed by atoms with Crippen molar-refractivity contribution in [1.82, 2.24) is 5.32 Å². The van der Waals surface area contributed by atoms with Crippen LogP contribution < -0.4 is 5.32 Å². The van der Waals surface area contributed by atoms with Crippen LogP contribution >= 0.6 is 0 Å². The lowest BCUT2D eigenvalue weighted by atomic mass is 10.2. The van der Waals surface area contributed by atoms with E-state index in [2.05, 4.69) is 11.9 Å². The molecule has 0 atom stereocenters. The summed E-state index contributed by atoms with van der Waals surface area (Å²) in [6, 6.07) is 6.65. The monoisotopic (exact) mass is 295 g/mol. The number of carbonyl (C=O) groups is 1. The van der Waals surface area contributed by atoms with Gasteiger partial charge in [-0.1, -0.05) is 18.2 Å². The highest BCUT2D eigenvalue weighted by molar-refractivity contribution is 7.95. The van der Waals surface area contributed by atoms with Crippen LogP contribution in [0.4, 0.5) is 0 Å². The number of rotatable bonds is 6. The Morgan fingerprint density at radius 3 is 2.70 bits per heavy atom. The number of carboxylic acid groups (broad SMARTS) is 1. The zero-order chi connectivity index (χ0) is 14.8. The number of hydrogen-bond donors (Lipinski definition) is 2. The lowest BCUT2D eigenvalue weighted by Gasteiger charge is -2.10. The van der Waals surface area contributed by atoms with E-state index in [1.54, 1.807) is 18.2 Å². The van der Waals surface area contributed by atoms with Gasteiger partial charge in [-0.3, -0.25) is 4.79 Å². The lowest BCUT2D eigenvalue weighted by molar-refractivity contribution is -0.136. The van der Waals surface area contributed by atoms with Gasteiger partial charge < -0.3 is 15.2 Å². The molecule has 1 aromatic rings. The fourth-order valence-electron chi connectivity index (χ4n) is 1.74. The molecule has 2 N–H and O–H groups in total. The predicted octanol–water partition coefficient (Wildman–Crippen LogP) is 0.977. The van der Waals surface area contributed by atoms with E-state index < -0.39 is 15.8 Å². The number of sulfone groups is 1. The van der Waals surface area contributed by atoms with E-state index in [0.29, 0.717) is 5.56 Å². The molecule has 20 heavy (non-hydrogen) atoms. The van der Waals surface area contributed by atoms with Crippen molar-refractivity contribution in [3.63, 3.8) is 0 Å². The smallest absolute Gasteiger partial charge is 0.322 e. The lowest BCUT2D eigenvalue weighted by Crippen LogP contribution is -2.23. The van der Waals surface area contributed by atoms with Crippen LogP contribution in [0, 0.1) is 0 Å². The van der Waals surface area contributed by atoms with Crippen LogP contribution in [0.15, 0.2) is 46.5 Å². The second-order valence-electron chi connectivity index (χ2n) is 4.11. The molecule has 7 heteroatoms. The first-order chi connectivity index (χ1) is 9.41. The maximum Gasteiger partial charge on any atom is 0.322 e. The molecule has 1 aliphatic heterocycles. The number of benzene rings is 1. The van der Waals surface area contributed by atoms with E-state index in [9.17, 15) is 13.2 Å². The standard InChI is InChI=1S/C13H13NO5S/c1-9(14-7-13(15)16)19-8-11-6-10-4-2-3-5-12(10)20(11,17)18/h2-6,14H,1,7-8H2,(H,15,16). The fourth-order valence-corrected chi connectivity index (χ4v) is 3.21. The van der Waals surface area contributed by atoms with E-state index in [1.807, 2.05) is 0 Å². The Balaban J connectivity index is 2.02. The van der Waals surface area contributed by atoms with Gasteiger partial charge in [-0.2, -0.15) is 0 Å². The Labute approximate surface area is 116 Å². The third-order valence-corrected chi connectivity index (χ3v) is 4.57. The first kappa shape index (κ1) is 14.1. The van der Waals surface area contributed by atoms with E-state index in [0.717, 1.165) is 0 Å². The van der Waals surface area contributed by atoms with Crippen molar-refractivity contribution in [2.75, 3.05) is 13.2 Å². The van der Waals surface area contributed by atoms with Crippen LogP contribution in [-0.2, 0) is 19.4 Å². The Kier molecular flexibility index (Phi) is 3.80. The summed E-state index contributed by atoms with van der Waals surface area (Å²) in [6.45, 7) is 2.93. The molecular formula is C13H13NO5S. The van der Waals surface area contributed by atoms with Gasteiger partial charge in [0.05, 0.1) is 9.80 Å². The molecule has 0 spiro atoms. The number of nitrogens with one attached hydrogen (secondary N) is 1. The molecule has 0 aromatic heterocycles. The summed E-state index contributed by atoms with van der Waals surface area (Å²) >= 11 is 0. The second-order valence-corrected chi connectivity index (χ2v) is 6.08. The molecule has 2 rings (SSSR count). The second kappa shape index (κ2) is 5.38. The molecule has 0 saturated carbocycles. The van der Waals surface area contributed by atoms with E-state index in [-0.39, 0.29) is 28.8 Å². The molecule has 0 fully saturated rings. The third kappa shape index (κ3) is 2.83. The molecule has 0 aliphatic carbocycles. The third-order valence-electron chi connectivity index (χ3n) is 2.70. The Hall–Kier alpha value is -2.28. The highest BCUT2D eigenvalue weighted by Crippen LogP contribution is 2.32.